The minimum atomic E-state index is 0.309. The molecule has 2 heteroatoms. The molecule has 1 atom stereocenters. The Bertz CT molecular complexity index is 309. The summed E-state index contributed by atoms with van der Waals surface area (Å²) in [4.78, 5) is 0. The summed E-state index contributed by atoms with van der Waals surface area (Å²) < 4.78 is 0. The Labute approximate surface area is 78.4 Å². The first kappa shape index (κ1) is 8.57. The number of aliphatic hydroxyl groups is 1. The second kappa shape index (κ2) is 3.38. The van der Waals surface area contributed by atoms with Gasteiger partial charge < -0.3 is 10.8 Å². The molecule has 1 aliphatic rings. The first-order chi connectivity index (χ1) is 6.29. The molecule has 1 aromatic rings. The van der Waals surface area contributed by atoms with Gasteiger partial charge in [0.15, 0.2) is 0 Å². The average Bonchev–Trinajstić information content (AvgIpc) is 2.17. The maximum absolute atomic E-state index is 9.05. The average molecular weight is 177 g/mol. The fraction of sp³-hybridized carbons (Fsp3) is 0.455. The second-order valence-corrected chi connectivity index (χ2v) is 3.82. The van der Waals surface area contributed by atoms with E-state index in [-0.39, 0.29) is 0 Å². The predicted molar refractivity (Wildman–Crippen MR) is 53.5 cm³/mol. The number of hydrogen-bond acceptors (Lipinski definition) is 2. The van der Waals surface area contributed by atoms with Crippen molar-refractivity contribution < 1.29 is 5.11 Å². The van der Waals surface area contributed by atoms with Crippen LogP contribution < -0.4 is 5.73 Å². The number of rotatable bonds is 1. The van der Waals surface area contributed by atoms with E-state index in [1.165, 1.54) is 11.1 Å². The van der Waals surface area contributed by atoms with Gasteiger partial charge in [-0.05, 0) is 48.4 Å². The van der Waals surface area contributed by atoms with Gasteiger partial charge >= 0.3 is 0 Å². The molecule has 0 amide bonds. The maximum atomic E-state index is 9.05. The summed E-state index contributed by atoms with van der Waals surface area (Å²) in [6, 6.07) is 6.09. The van der Waals surface area contributed by atoms with Crippen LogP contribution in [0.1, 0.15) is 17.5 Å². The number of aliphatic hydroxyl groups excluding tert-OH is 1. The van der Waals surface area contributed by atoms with E-state index in [1.54, 1.807) is 0 Å². The van der Waals surface area contributed by atoms with Gasteiger partial charge in [0.25, 0.3) is 0 Å². The predicted octanol–water partition coefficient (Wildman–Crippen LogP) is 1.37. The lowest BCUT2D eigenvalue weighted by Gasteiger charge is -2.22. The number of nitrogens with two attached hydrogens (primary N) is 1. The van der Waals surface area contributed by atoms with Crippen LogP contribution in [0.5, 0.6) is 0 Å². The third-order valence-corrected chi connectivity index (χ3v) is 2.82. The number of benzene rings is 1. The highest BCUT2D eigenvalue weighted by molar-refractivity contribution is 5.45. The van der Waals surface area contributed by atoms with E-state index < -0.39 is 0 Å². The van der Waals surface area contributed by atoms with Crippen LogP contribution in [0.2, 0.25) is 0 Å². The lowest BCUT2D eigenvalue weighted by molar-refractivity contribution is 0.213. The van der Waals surface area contributed by atoms with E-state index in [1.807, 2.05) is 6.07 Å². The maximum Gasteiger partial charge on any atom is 0.0462 e. The lowest BCUT2D eigenvalue weighted by Crippen LogP contribution is -2.17. The van der Waals surface area contributed by atoms with E-state index in [4.69, 9.17) is 10.8 Å². The van der Waals surface area contributed by atoms with Gasteiger partial charge in [0.2, 0.25) is 0 Å². The molecule has 1 unspecified atom stereocenters. The number of aryl methyl sites for hydroxylation is 1. The Kier molecular flexibility index (Phi) is 2.23. The molecule has 1 aliphatic carbocycles. The Morgan fingerprint density at radius 2 is 2.23 bits per heavy atom. The topological polar surface area (TPSA) is 46.2 Å². The van der Waals surface area contributed by atoms with Crippen LogP contribution in [0, 0.1) is 5.92 Å². The van der Waals surface area contributed by atoms with E-state index in [2.05, 4.69) is 12.1 Å². The van der Waals surface area contributed by atoms with Crippen LogP contribution in [0.15, 0.2) is 18.2 Å². The number of fused-ring (bicyclic) bond motifs is 1. The molecule has 0 radical (unpaired) electrons. The molecule has 0 fully saturated rings. The van der Waals surface area contributed by atoms with Crippen LogP contribution in [0.4, 0.5) is 5.69 Å². The second-order valence-electron chi connectivity index (χ2n) is 3.82. The number of nitrogen functional groups attached to an aromatic ring is 1. The molecule has 0 saturated heterocycles. The molecule has 0 bridgehead atoms. The normalized spacial score (nSPS) is 21.2. The van der Waals surface area contributed by atoms with Crippen LogP contribution >= 0.6 is 0 Å². The molecule has 0 aromatic heterocycles. The van der Waals surface area contributed by atoms with Crippen molar-refractivity contribution in [1.29, 1.82) is 0 Å². The zero-order valence-corrected chi connectivity index (χ0v) is 7.66. The quantitative estimate of drug-likeness (QED) is 0.636. The summed E-state index contributed by atoms with van der Waals surface area (Å²) in [5.41, 5.74) is 9.27. The van der Waals surface area contributed by atoms with Crippen molar-refractivity contribution in [3.63, 3.8) is 0 Å². The van der Waals surface area contributed by atoms with Crippen molar-refractivity contribution in [3.05, 3.63) is 29.3 Å². The highest BCUT2D eigenvalue weighted by atomic mass is 16.3. The fourth-order valence-electron chi connectivity index (χ4n) is 2.01. The van der Waals surface area contributed by atoms with Gasteiger partial charge in [-0.2, -0.15) is 0 Å². The molecule has 2 nitrogen and oxygen atoms in total. The molecule has 3 N–H and O–H groups in total. The van der Waals surface area contributed by atoms with Gasteiger partial charge in [0, 0.05) is 12.3 Å². The van der Waals surface area contributed by atoms with E-state index in [0.29, 0.717) is 12.5 Å². The minimum absolute atomic E-state index is 0.309. The molecule has 70 valence electrons. The van der Waals surface area contributed by atoms with Gasteiger partial charge in [-0.25, -0.2) is 0 Å². The first-order valence-electron chi connectivity index (χ1n) is 4.77. The fourth-order valence-corrected chi connectivity index (χ4v) is 2.01. The van der Waals surface area contributed by atoms with Crippen LogP contribution in [0.25, 0.3) is 0 Å². The summed E-state index contributed by atoms with van der Waals surface area (Å²) in [5.74, 6) is 0.455. The zero-order valence-electron chi connectivity index (χ0n) is 7.66. The van der Waals surface area contributed by atoms with Gasteiger partial charge in [-0.15, -0.1) is 0 Å². The molecule has 0 saturated carbocycles. The summed E-state index contributed by atoms with van der Waals surface area (Å²) in [5, 5.41) is 9.05. The van der Waals surface area contributed by atoms with Gasteiger partial charge in [0.1, 0.15) is 0 Å². The Morgan fingerprint density at radius 1 is 1.38 bits per heavy atom. The lowest BCUT2D eigenvalue weighted by atomic mass is 9.84. The Morgan fingerprint density at radius 3 is 3.00 bits per heavy atom. The highest BCUT2D eigenvalue weighted by Gasteiger charge is 2.17. The monoisotopic (exact) mass is 177 g/mol. The third kappa shape index (κ3) is 1.68. The molecular formula is C11H15NO. The highest BCUT2D eigenvalue weighted by Crippen LogP contribution is 2.26. The van der Waals surface area contributed by atoms with Gasteiger partial charge in [-0.3, -0.25) is 0 Å². The molecule has 0 spiro atoms. The van der Waals surface area contributed by atoms with Crippen LogP contribution in [0.3, 0.4) is 0 Å². The Balaban J connectivity index is 2.26. The van der Waals surface area contributed by atoms with Crippen LogP contribution in [-0.4, -0.2) is 11.7 Å². The van der Waals surface area contributed by atoms with Crippen molar-refractivity contribution in [2.75, 3.05) is 12.3 Å². The van der Waals surface area contributed by atoms with Crippen molar-refractivity contribution >= 4 is 5.69 Å². The number of anilines is 1. The summed E-state index contributed by atoms with van der Waals surface area (Å²) in [7, 11) is 0. The van der Waals surface area contributed by atoms with Crippen molar-refractivity contribution in [3.8, 4) is 0 Å². The summed E-state index contributed by atoms with van der Waals surface area (Å²) in [6.07, 6.45) is 3.16. The van der Waals surface area contributed by atoms with Gasteiger partial charge in [-0.1, -0.05) is 6.07 Å². The molecule has 13 heavy (non-hydrogen) atoms. The number of hydrogen-bond donors (Lipinski definition) is 2. The molecular weight excluding hydrogens is 162 g/mol. The van der Waals surface area contributed by atoms with E-state index >= 15 is 0 Å². The summed E-state index contributed by atoms with van der Waals surface area (Å²) >= 11 is 0. The zero-order chi connectivity index (χ0) is 9.26. The van der Waals surface area contributed by atoms with Crippen molar-refractivity contribution in [2.24, 2.45) is 5.92 Å². The van der Waals surface area contributed by atoms with E-state index in [0.717, 1.165) is 24.9 Å². The Hall–Kier alpha value is -1.02. The third-order valence-electron chi connectivity index (χ3n) is 2.82. The molecule has 0 heterocycles. The van der Waals surface area contributed by atoms with Crippen molar-refractivity contribution in [2.45, 2.75) is 19.3 Å². The summed E-state index contributed by atoms with van der Waals surface area (Å²) in [6.45, 7) is 0.309. The van der Waals surface area contributed by atoms with Crippen molar-refractivity contribution in [1.82, 2.24) is 0 Å². The molecule has 2 rings (SSSR count). The largest absolute Gasteiger partial charge is 0.399 e. The van der Waals surface area contributed by atoms with Crippen LogP contribution in [-0.2, 0) is 12.8 Å². The standard InChI is InChI=1S/C11H15NO/c12-11-4-3-9-5-8(7-13)1-2-10(9)6-11/h3-4,6,8,13H,1-2,5,7,12H2. The smallest absolute Gasteiger partial charge is 0.0462 e. The molecule has 1 aromatic carbocycles. The van der Waals surface area contributed by atoms with E-state index in [9.17, 15) is 0 Å². The first-order valence-corrected chi connectivity index (χ1v) is 4.77. The molecule has 0 aliphatic heterocycles. The minimum Gasteiger partial charge on any atom is -0.399 e. The van der Waals surface area contributed by atoms with Gasteiger partial charge in [0.05, 0.1) is 0 Å². The SMILES string of the molecule is Nc1ccc2c(c1)CCC(CO)C2.